The molecular formula is C12H14ClN3O3. The number of anilines is 1. The summed E-state index contributed by atoms with van der Waals surface area (Å²) in [5, 5.41) is 12.4. The number of carbonyl (C=O) groups excluding carboxylic acids is 1. The van der Waals surface area contributed by atoms with Gasteiger partial charge in [-0.25, -0.2) is 9.78 Å². The van der Waals surface area contributed by atoms with Gasteiger partial charge < -0.3 is 15.3 Å². The third-order valence-corrected chi connectivity index (χ3v) is 3.32. The highest BCUT2D eigenvalue weighted by Gasteiger charge is 2.23. The number of rotatable bonds is 3. The summed E-state index contributed by atoms with van der Waals surface area (Å²) >= 11 is 6.01. The van der Waals surface area contributed by atoms with Crippen LogP contribution in [-0.4, -0.2) is 46.5 Å². The lowest BCUT2D eigenvalue weighted by Crippen LogP contribution is -2.44. The van der Waals surface area contributed by atoms with Gasteiger partial charge in [0, 0.05) is 30.9 Å². The molecule has 1 fully saturated rings. The predicted octanol–water partition coefficient (Wildman–Crippen LogP) is 2.10. The van der Waals surface area contributed by atoms with Crippen LogP contribution in [0.4, 0.5) is 10.6 Å². The largest absolute Gasteiger partial charge is 0.465 e. The summed E-state index contributed by atoms with van der Waals surface area (Å²) < 4.78 is 0. The first kappa shape index (κ1) is 13.6. The second-order valence-electron chi connectivity index (χ2n) is 4.43. The van der Waals surface area contributed by atoms with Gasteiger partial charge in [0.05, 0.1) is 5.02 Å². The Kier molecular flexibility index (Phi) is 4.21. The molecule has 1 atom stereocenters. The van der Waals surface area contributed by atoms with Crippen molar-refractivity contribution in [2.24, 2.45) is 0 Å². The predicted molar refractivity (Wildman–Crippen MR) is 70.9 cm³/mol. The molecule has 102 valence electrons. The number of aldehydes is 1. The molecule has 1 aromatic rings. The number of piperidine rings is 1. The molecule has 2 rings (SSSR count). The molecule has 0 saturated carbocycles. The minimum atomic E-state index is -0.915. The van der Waals surface area contributed by atoms with Crippen LogP contribution in [0.1, 0.15) is 23.2 Å². The average molecular weight is 284 g/mol. The van der Waals surface area contributed by atoms with Crippen molar-refractivity contribution in [1.82, 2.24) is 9.88 Å². The molecule has 0 aliphatic carbocycles. The molecule has 1 saturated heterocycles. The van der Waals surface area contributed by atoms with Crippen molar-refractivity contribution < 1.29 is 14.7 Å². The van der Waals surface area contributed by atoms with Gasteiger partial charge in [0.2, 0.25) is 0 Å². The Bertz CT molecular complexity index is 495. The number of likely N-dealkylation sites (tertiary alicyclic amines) is 1. The molecule has 0 unspecified atom stereocenters. The maximum atomic E-state index is 10.9. The van der Waals surface area contributed by atoms with E-state index in [0.29, 0.717) is 35.8 Å². The minimum Gasteiger partial charge on any atom is -0.465 e. The number of hydrogen-bond acceptors (Lipinski definition) is 4. The first-order valence-corrected chi connectivity index (χ1v) is 6.33. The fraction of sp³-hybridized carbons (Fsp3) is 0.417. The number of nitrogens with one attached hydrogen (secondary N) is 1. The highest BCUT2D eigenvalue weighted by molar-refractivity contribution is 6.33. The van der Waals surface area contributed by atoms with E-state index < -0.39 is 6.09 Å². The van der Waals surface area contributed by atoms with E-state index in [1.165, 1.54) is 17.2 Å². The highest BCUT2D eigenvalue weighted by atomic mass is 35.5. The molecular weight excluding hydrogens is 270 g/mol. The third kappa shape index (κ3) is 3.35. The summed E-state index contributed by atoms with van der Waals surface area (Å²) in [5.41, 5.74) is 0.409. The standard InChI is InChI=1S/C12H14ClN3O3/c13-10-4-8(7-17)5-14-11(10)15-9-2-1-3-16(6-9)12(18)19/h4-5,7,9H,1-3,6H2,(H,14,15)(H,18,19)/t9-/m1/s1. The number of carbonyl (C=O) groups is 2. The molecule has 7 heteroatoms. The van der Waals surface area contributed by atoms with Crippen molar-refractivity contribution in [3.05, 3.63) is 22.8 Å². The van der Waals surface area contributed by atoms with E-state index >= 15 is 0 Å². The van der Waals surface area contributed by atoms with E-state index in [-0.39, 0.29) is 6.04 Å². The lowest BCUT2D eigenvalue weighted by molar-refractivity contribution is 0.112. The molecule has 0 radical (unpaired) electrons. The Morgan fingerprint density at radius 3 is 3.05 bits per heavy atom. The maximum Gasteiger partial charge on any atom is 0.407 e. The first-order chi connectivity index (χ1) is 9.10. The number of hydrogen-bond donors (Lipinski definition) is 2. The normalized spacial score (nSPS) is 19.0. The number of nitrogens with zero attached hydrogens (tertiary/aromatic N) is 2. The van der Waals surface area contributed by atoms with Crippen molar-refractivity contribution >= 4 is 29.8 Å². The van der Waals surface area contributed by atoms with Crippen LogP contribution in [0.3, 0.4) is 0 Å². The van der Waals surface area contributed by atoms with Gasteiger partial charge >= 0.3 is 6.09 Å². The summed E-state index contributed by atoms with van der Waals surface area (Å²) in [4.78, 5) is 27.0. The van der Waals surface area contributed by atoms with Gasteiger partial charge in [0.25, 0.3) is 0 Å². The summed E-state index contributed by atoms with van der Waals surface area (Å²) in [6, 6.07) is 1.51. The molecule has 1 aliphatic heterocycles. The Balaban J connectivity index is 2.04. The van der Waals surface area contributed by atoms with Gasteiger partial charge in [0.1, 0.15) is 5.82 Å². The molecule has 1 aromatic heterocycles. The zero-order valence-corrected chi connectivity index (χ0v) is 10.9. The molecule has 0 spiro atoms. The molecule has 0 aromatic carbocycles. The van der Waals surface area contributed by atoms with Gasteiger partial charge in [-0.1, -0.05) is 11.6 Å². The average Bonchev–Trinajstić information content (AvgIpc) is 2.41. The maximum absolute atomic E-state index is 10.9. The van der Waals surface area contributed by atoms with Gasteiger partial charge in [-0.3, -0.25) is 4.79 Å². The Morgan fingerprint density at radius 1 is 1.63 bits per heavy atom. The monoisotopic (exact) mass is 283 g/mol. The summed E-state index contributed by atoms with van der Waals surface area (Å²) in [6.07, 6.45) is 2.85. The quantitative estimate of drug-likeness (QED) is 0.830. The molecule has 1 aliphatic rings. The second kappa shape index (κ2) is 5.88. The molecule has 1 amide bonds. The Hall–Kier alpha value is -1.82. The summed E-state index contributed by atoms with van der Waals surface area (Å²) in [7, 11) is 0. The molecule has 2 N–H and O–H groups in total. The lowest BCUT2D eigenvalue weighted by atomic mass is 10.1. The van der Waals surface area contributed by atoms with Crippen molar-refractivity contribution in [3.63, 3.8) is 0 Å². The number of aromatic nitrogens is 1. The van der Waals surface area contributed by atoms with E-state index in [1.54, 1.807) is 0 Å². The SMILES string of the molecule is O=Cc1cnc(N[C@@H]2CCCN(C(=O)O)C2)c(Cl)c1. The number of carboxylic acid groups (broad SMARTS) is 1. The van der Waals surface area contributed by atoms with Crippen LogP contribution in [0.25, 0.3) is 0 Å². The van der Waals surface area contributed by atoms with Crippen molar-refractivity contribution in [3.8, 4) is 0 Å². The topological polar surface area (TPSA) is 82.5 Å². The number of pyridine rings is 1. The number of halogens is 1. The van der Waals surface area contributed by atoms with Crippen molar-refractivity contribution in [1.29, 1.82) is 0 Å². The fourth-order valence-corrected chi connectivity index (χ4v) is 2.31. The van der Waals surface area contributed by atoms with Gasteiger partial charge in [-0.05, 0) is 18.9 Å². The zero-order valence-electron chi connectivity index (χ0n) is 10.2. The van der Waals surface area contributed by atoms with Crippen LogP contribution in [0.15, 0.2) is 12.3 Å². The highest BCUT2D eigenvalue weighted by Crippen LogP contribution is 2.22. The van der Waals surface area contributed by atoms with E-state index in [1.807, 2.05) is 0 Å². The summed E-state index contributed by atoms with van der Waals surface area (Å²) in [6.45, 7) is 0.960. The third-order valence-electron chi connectivity index (χ3n) is 3.03. The Labute approximate surface area is 115 Å². The van der Waals surface area contributed by atoms with E-state index in [2.05, 4.69) is 10.3 Å². The molecule has 0 bridgehead atoms. The van der Waals surface area contributed by atoms with E-state index in [4.69, 9.17) is 16.7 Å². The number of amides is 1. The summed E-state index contributed by atoms with van der Waals surface area (Å²) in [5.74, 6) is 0.476. The smallest absolute Gasteiger partial charge is 0.407 e. The lowest BCUT2D eigenvalue weighted by Gasteiger charge is -2.31. The van der Waals surface area contributed by atoms with Gasteiger partial charge in [-0.15, -0.1) is 0 Å². The fourth-order valence-electron chi connectivity index (χ4n) is 2.09. The zero-order chi connectivity index (χ0) is 13.8. The Morgan fingerprint density at radius 2 is 2.42 bits per heavy atom. The van der Waals surface area contributed by atoms with Gasteiger partial charge in [-0.2, -0.15) is 0 Å². The van der Waals surface area contributed by atoms with Crippen LogP contribution in [-0.2, 0) is 0 Å². The molecule has 6 nitrogen and oxygen atoms in total. The van der Waals surface area contributed by atoms with E-state index in [0.717, 1.165) is 12.8 Å². The first-order valence-electron chi connectivity index (χ1n) is 5.95. The van der Waals surface area contributed by atoms with E-state index in [9.17, 15) is 9.59 Å². The molecule has 2 heterocycles. The van der Waals surface area contributed by atoms with Crippen LogP contribution < -0.4 is 5.32 Å². The second-order valence-corrected chi connectivity index (χ2v) is 4.84. The minimum absolute atomic E-state index is 0.0167. The molecule has 19 heavy (non-hydrogen) atoms. The van der Waals surface area contributed by atoms with Gasteiger partial charge in [0.15, 0.2) is 6.29 Å². The van der Waals surface area contributed by atoms with Crippen LogP contribution in [0.2, 0.25) is 5.02 Å². The van der Waals surface area contributed by atoms with Crippen LogP contribution in [0, 0.1) is 0 Å². The van der Waals surface area contributed by atoms with Crippen molar-refractivity contribution in [2.75, 3.05) is 18.4 Å². The van der Waals surface area contributed by atoms with Crippen LogP contribution >= 0.6 is 11.6 Å². The van der Waals surface area contributed by atoms with Crippen molar-refractivity contribution in [2.45, 2.75) is 18.9 Å². The van der Waals surface area contributed by atoms with Crippen LogP contribution in [0.5, 0.6) is 0 Å².